The molecule has 1 aliphatic carbocycles. The van der Waals surface area contributed by atoms with Crippen LogP contribution in [-0.2, 0) is 4.79 Å². The molecule has 0 aromatic carbocycles. The Bertz CT molecular complexity index is 818. The summed E-state index contributed by atoms with van der Waals surface area (Å²) in [6, 6.07) is 3.80. The van der Waals surface area contributed by atoms with Gasteiger partial charge in [0.15, 0.2) is 0 Å². The van der Waals surface area contributed by atoms with Crippen LogP contribution in [0.3, 0.4) is 0 Å². The second-order valence-corrected chi connectivity index (χ2v) is 6.90. The van der Waals surface area contributed by atoms with Crippen molar-refractivity contribution in [1.82, 2.24) is 9.55 Å². The molecule has 1 N–H and O–H groups in total. The third-order valence-electron chi connectivity index (χ3n) is 4.30. The maximum Gasteiger partial charge on any atom is 0.260 e. The monoisotopic (exact) mass is 343 g/mol. The molecular weight excluding hydrogens is 314 g/mol. The molecule has 3 rings (SSSR count). The second kappa shape index (κ2) is 7.81. The number of nitrogens with one attached hydrogen (secondary N) is 1. The molecule has 25 heavy (non-hydrogen) atoms. The molecule has 0 radical (unpaired) electrons. The number of fused-ring (bicyclic) bond motifs is 1. The number of nitrogens with zero attached hydrogens (tertiary/aromatic N) is 2. The summed E-state index contributed by atoms with van der Waals surface area (Å²) >= 11 is 0. The molecule has 0 aliphatic heterocycles. The van der Waals surface area contributed by atoms with Crippen LogP contribution in [0, 0.1) is 5.92 Å². The highest BCUT2D eigenvalue weighted by Gasteiger charge is 2.30. The van der Waals surface area contributed by atoms with Crippen LogP contribution in [0.25, 0.3) is 10.9 Å². The van der Waals surface area contributed by atoms with Gasteiger partial charge in [0.25, 0.3) is 5.56 Å². The Morgan fingerprint density at radius 2 is 1.88 bits per heavy atom. The van der Waals surface area contributed by atoms with Crippen molar-refractivity contribution >= 4 is 22.6 Å². The fraction of sp³-hybridized carbons (Fsp3) is 0.550. The lowest BCUT2D eigenvalue weighted by Gasteiger charge is -2.16. The van der Waals surface area contributed by atoms with E-state index in [1.54, 1.807) is 10.8 Å². The van der Waals surface area contributed by atoms with E-state index in [2.05, 4.69) is 10.3 Å². The van der Waals surface area contributed by atoms with Crippen molar-refractivity contribution in [2.75, 3.05) is 5.32 Å². The van der Waals surface area contributed by atoms with Gasteiger partial charge in [0.2, 0.25) is 5.91 Å². The van der Waals surface area contributed by atoms with Crippen molar-refractivity contribution in [2.45, 2.75) is 66.3 Å². The fourth-order valence-corrected chi connectivity index (χ4v) is 2.79. The quantitative estimate of drug-likeness (QED) is 0.890. The molecule has 1 amide bonds. The maximum absolute atomic E-state index is 12.8. The molecule has 5 heteroatoms. The number of amides is 1. The lowest BCUT2D eigenvalue weighted by Crippen LogP contribution is -2.23. The molecule has 5 nitrogen and oxygen atoms in total. The van der Waals surface area contributed by atoms with Crippen LogP contribution in [0.4, 0.5) is 5.82 Å². The molecule has 0 unspecified atom stereocenters. The number of carbonyl (C=O) groups excluding carboxylic acids is 1. The smallest absolute Gasteiger partial charge is 0.260 e. The Balaban J connectivity index is 0.00000109. The van der Waals surface area contributed by atoms with Crippen molar-refractivity contribution in [3.05, 3.63) is 34.2 Å². The number of anilines is 1. The maximum atomic E-state index is 12.8. The molecule has 2 aromatic rings. The van der Waals surface area contributed by atoms with Crippen molar-refractivity contribution in [2.24, 2.45) is 5.92 Å². The van der Waals surface area contributed by atoms with Gasteiger partial charge in [0.1, 0.15) is 5.82 Å². The van der Waals surface area contributed by atoms with Gasteiger partial charge in [-0.2, -0.15) is 0 Å². The van der Waals surface area contributed by atoms with E-state index >= 15 is 0 Å². The molecule has 136 valence electrons. The molecular formula is C20H29N3O2. The van der Waals surface area contributed by atoms with Crippen LogP contribution < -0.4 is 10.9 Å². The zero-order chi connectivity index (χ0) is 18.7. The summed E-state index contributed by atoms with van der Waals surface area (Å²) in [5, 5.41) is 3.54. The number of hydrogen-bond donors (Lipinski definition) is 1. The molecule has 0 bridgehead atoms. The van der Waals surface area contributed by atoms with Gasteiger partial charge in [-0.1, -0.05) is 27.7 Å². The van der Waals surface area contributed by atoms with Crippen LogP contribution in [0.1, 0.15) is 71.9 Å². The second-order valence-electron chi connectivity index (χ2n) is 6.90. The van der Waals surface area contributed by atoms with Crippen molar-refractivity contribution in [3.8, 4) is 0 Å². The average molecular weight is 343 g/mol. The minimum absolute atomic E-state index is 0.0197. The van der Waals surface area contributed by atoms with Gasteiger partial charge in [0.05, 0.1) is 10.9 Å². The fourth-order valence-electron chi connectivity index (χ4n) is 2.79. The lowest BCUT2D eigenvalue weighted by atomic mass is 9.99. The van der Waals surface area contributed by atoms with E-state index in [1.807, 2.05) is 53.7 Å². The molecule has 1 aliphatic rings. The molecule has 2 aromatic heterocycles. The van der Waals surface area contributed by atoms with Crippen LogP contribution in [-0.4, -0.2) is 15.5 Å². The van der Waals surface area contributed by atoms with Gasteiger partial charge in [-0.25, -0.2) is 4.98 Å². The van der Waals surface area contributed by atoms with Gasteiger partial charge in [-0.05, 0) is 50.3 Å². The first-order valence-electron chi connectivity index (χ1n) is 9.25. The first-order valence-corrected chi connectivity index (χ1v) is 9.25. The number of carbonyl (C=O) groups is 1. The average Bonchev–Trinajstić information content (AvgIpc) is 3.40. The van der Waals surface area contributed by atoms with E-state index in [9.17, 15) is 9.59 Å². The highest BCUT2D eigenvalue weighted by molar-refractivity contribution is 5.95. The highest BCUT2D eigenvalue weighted by atomic mass is 16.2. The highest BCUT2D eigenvalue weighted by Crippen LogP contribution is 2.31. The molecule has 0 spiro atoms. The van der Waals surface area contributed by atoms with E-state index < -0.39 is 0 Å². The predicted molar refractivity (Wildman–Crippen MR) is 103 cm³/mol. The summed E-state index contributed by atoms with van der Waals surface area (Å²) < 4.78 is 1.72. The Morgan fingerprint density at radius 1 is 1.24 bits per heavy atom. The summed E-state index contributed by atoms with van der Waals surface area (Å²) in [6.07, 6.45) is 3.68. The van der Waals surface area contributed by atoms with Gasteiger partial charge in [-0.3, -0.25) is 9.59 Å². The van der Waals surface area contributed by atoms with Gasteiger partial charge < -0.3 is 9.88 Å². The minimum Gasteiger partial charge on any atom is -0.312 e. The number of pyridine rings is 2. The van der Waals surface area contributed by atoms with Crippen molar-refractivity contribution < 1.29 is 4.79 Å². The van der Waals surface area contributed by atoms with Crippen LogP contribution >= 0.6 is 0 Å². The largest absolute Gasteiger partial charge is 0.312 e. The molecule has 0 saturated heterocycles. The molecule has 2 heterocycles. The first-order chi connectivity index (χ1) is 11.9. The third-order valence-corrected chi connectivity index (χ3v) is 4.30. The Kier molecular flexibility index (Phi) is 5.98. The Labute approximate surface area is 149 Å². The van der Waals surface area contributed by atoms with E-state index in [0.29, 0.717) is 16.7 Å². The van der Waals surface area contributed by atoms with Gasteiger partial charge >= 0.3 is 0 Å². The summed E-state index contributed by atoms with van der Waals surface area (Å²) in [4.78, 5) is 29.3. The minimum atomic E-state index is -0.0197. The van der Waals surface area contributed by atoms with E-state index in [1.165, 1.54) is 0 Å². The van der Waals surface area contributed by atoms with Crippen LogP contribution in [0.15, 0.2) is 23.1 Å². The first kappa shape index (κ1) is 19.2. The third kappa shape index (κ3) is 4.09. The SMILES string of the molecule is CC.CC(C)c1cc(NC(=O)C2CC2)nc2ccn(C(C)C)c(=O)c12. The lowest BCUT2D eigenvalue weighted by molar-refractivity contribution is -0.117. The number of rotatable bonds is 4. The van der Waals surface area contributed by atoms with Crippen molar-refractivity contribution in [1.29, 1.82) is 0 Å². The van der Waals surface area contributed by atoms with E-state index in [4.69, 9.17) is 0 Å². The standard InChI is InChI=1S/C18H23N3O2.C2H6/c1-10(2)13-9-15(20-17(22)12-5-6-12)19-14-7-8-21(11(3)4)18(23)16(13)14;1-2/h7-12H,5-6H2,1-4H3,(H,19,20,22);1-2H3. The number of aromatic nitrogens is 2. The van der Waals surface area contributed by atoms with E-state index in [-0.39, 0.29) is 29.3 Å². The van der Waals surface area contributed by atoms with E-state index in [0.717, 1.165) is 18.4 Å². The summed E-state index contributed by atoms with van der Waals surface area (Å²) in [7, 11) is 0. The zero-order valence-electron chi connectivity index (χ0n) is 16.1. The topological polar surface area (TPSA) is 64.0 Å². The van der Waals surface area contributed by atoms with Crippen LogP contribution in [0.5, 0.6) is 0 Å². The molecule has 0 atom stereocenters. The van der Waals surface area contributed by atoms with Gasteiger partial charge in [-0.15, -0.1) is 0 Å². The Morgan fingerprint density at radius 3 is 2.40 bits per heavy atom. The summed E-state index contributed by atoms with van der Waals surface area (Å²) in [5.41, 5.74) is 1.55. The summed E-state index contributed by atoms with van der Waals surface area (Å²) in [6.45, 7) is 12.1. The number of hydrogen-bond acceptors (Lipinski definition) is 3. The van der Waals surface area contributed by atoms with Crippen molar-refractivity contribution in [3.63, 3.8) is 0 Å². The molecule has 1 saturated carbocycles. The molecule has 1 fully saturated rings. The summed E-state index contributed by atoms with van der Waals surface area (Å²) in [5.74, 6) is 0.874. The van der Waals surface area contributed by atoms with Crippen LogP contribution in [0.2, 0.25) is 0 Å². The Hall–Kier alpha value is -2.17. The van der Waals surface area contributed by atoms with Gasteiger partial charge in [0, 0.05) is 18.2 Å². The predicted octanol–water partition coefficient (Wildman–Crippen LogP) is 4.48. The zero-order valence-corrected chi connectivity index (χ0v) is 16.1. The normalized spacial score (nSPS) is 13.8.